The van der Waals surface area contributed by atoms with Gasteiger partial charge in [-0.2, -0.15) is 0 Å². The minimum atomic E-state index is -0.428. The van der Waals surface area contributed by atoms with Gasteiger partial charge in [0.05, 0.1) is 16.8 Å². The second-order valence-corrected chi connectivity index (χ2v) is 27.9. The van der Waals surface area contributed by atoms with Crippen LogP contribution in [0.4, 0.5) is 5.69 Å². The van der Waals surface area contributed by atoms with Crippen molar-refractivity contribution in [3.8, 4) is 57.1 Å². The van der Waals surface area contributed by atoms with Gasteiger partial charge in [0, 0.05) is 54.2 Å². The van der Waals surface area contributed by atoms with Gasteiger partial charge >= 0.3 is 0 Å². The molecule has 0 unspecified atom stereocenters. The van der Waals surface area contributed by atoms with Crippen LogP contribution in [0.2, 0.25) is 0 Å². The van der Waals surface area contributed by atoms with Crippen molar-refractivity contribution in [2.75, 3.05) is 4.90 Å². The SMILES string of the molecule is CC(C)c1ccccc1Oc1cc2c3c(cc(Oc4ccccc4C(C)C)c4c5ccc6c7c(Oc8ccccc8C(C)C)cc8c9c(cc(Oc%10ccccc%10C(C)C)c(c%10ccc(c1c34)c5c%106)c97)C(=O)c1ccccc1-8)C(=O)N(c1c(C(C)C)cccc1C(C)C)C2=O. The summed E-state index contributed by atoms with van der Waals surface area (Å²) in [7, 11) is 0. The normalized spacial score (nSPS) is 13.2. The van der Waals surface area contributed by atoms with E-state index in [1.54, 1.807) is 0 Å². The molecule has 1 aliphatic carbocycles. The minimum absolute atomic E-state index is 0.0199. The Hall–Kier alpha value is -10.6. The van der Waals surface area contributed by atoms with E-state index in [9.17, 15) is 0 Å². The molecule has 1 aliphatic heterocycles. The number of hydrogen-bond donors (Lipinski definition) is 0. The van der Waals surface area contributed by atoms with Gasteiger partial charge in [-0.05, 0) is 161 Å². The number of amides is 2. The Morgan fingerprint density at radius 1 is 0.242 bits per heavy atom. The second-order valence-electron chi connectivity index (χ2n) is 27.9. The molecule has 14 aromatic rings. The molecule has 468 valence electrons. The Balaban J connectivity index is 1.12. The van der Waals surface area contributed by atoms with Gasteiger partial charge in [0.25, 0.3) is 11.8 Å². The monoisotopic (exact) mass is 1240 g/mol. The van der Waals surface area contributed by atoms with Gasteiger partial charge in [0.15, 0.2) is 5.78 Å². The molecule has 16 rings (SSSR count). The summed E-state index contributed by atoms with van der Waals surface area (Å²) in [6, 6.07) is 63.3. The predicted octanol–water partition coefficient (Wildman–Crippen LogP) is 24.6. The molecule has 0 spiro atoms. The highest BCUT2D eigenvalue weighted by molar-refractivity contribution is 6.48. The third-order valence-electron chi connectivity index (χ3n) is 20.1. The van der Waals surface area contributed by atoms with Crippen LogP contribution in [0.5, 0.6) is 46.0 Å². The van der Waals surface area contributed by atoms with Crippen LogP contribution in [0.3, 0.4) is 0 Å². The predicted molar refractivity (Wildman–Crippen MR) is 388 cm³/mol. The van der Waals surface area contributed by atoms with Gasteiger partial charge in [-0.25, -0.2) is 4.90 Å². The maximum Gasteiger partial charge on any atom is 0.266 e. The summed E-state index contributed by atoms with van der Waals surface area (Å²) < 4.78 is 30.1. The lowest BCUT2D eigenvalue weighted by Gasteiger charge is -2.33. The van der Waals surface area contributed by atoms with Crippen LogP contribution in [0.1, 0.15) is 189 Å². The van der Waals surface area contributed by atoms with Crippen LogP contribution in [-0.2, 0) is 0 Å². The highest BCUT2D eigenvalue weighted by Gasteiger charge is 2.41. The summed E-state index contributed by atoms with van der Waals surface area (Å²) in [5.74, 6) is 4.23. The molecule has 0 bridgehead atoms. The number of para-hydroxylation sites is 5. The molecule has 0 aromatic heterocycles. The third kappa shape index (κ3) is 8.96. The standard InChI is InChI=1S/C87H73NO7/c1-44(2)50-24-15-19-32-66(50)92-70-40-62-56-28-13-14-29-57(56)85(89)63-41-71(93-67-33-20-16-25-51(67)45(3)4)79-59-37-39-61-75-60(38-36-58(74(59)75)78(70)82(79)76(62)63)80-72(94-68-34-21-17-26-52(68)46(5)6)42-64-77-65(43-73(81(61)83(77)80)95-69-35-22-18-27-53(69)47(7)8)87(91)88(86(64)90)84-54(48(9)10)30-23-31-55(84)49(11)12/h13-49H,1-12H3. The topological polar surface area (TPSA) is 91.4 Å². The van der Waals surface area contributed by atoms with E-state index < -0.39 is 11.8 Å². The number of rotatable bonds is 15. The van der Waals surface area contributed by atoms with Crippen molar-refractivity contribution in [2.24, 2.45) is 0 Å². The van der Waals surface area contributed by atoms with Gasteiger partial charge in [0.1, 0.15) is 46.0 Å². The minimum Gasteiger partial charge on any atom is -0.456 e. The van der Waals surface area contributed by atoms with Gasteiger partial charge < -0.3 is 18.9 Å². The van der Waals surface area contributed by atoms with Crippen LogP contribution < -0.4 is 23.8 Å². The van der Waals surface area contributed by atoms with Crippen molar-refractivity contribution in [1.29, 1.82) is 0 Å². The number of ether oxygens (including phenoxy) is 4. The first-order chi connectivity index (χ1) is 45.9. The fourth-order valence-electron chi connectivity index (χ4n) is 15.7. The lowest BCUT2D eigenvalue weighted by Crippen LogP contribution is -2.42. The van der Waals surface area contributed by atoms with E-state index >= 15 is 14.4 Å². The van der Waals surface area contributed by atoms with Crippen molar-refractivity contribution in [1.82, 2.24) is 0 Å². The van der Waals surface area contributed by atoms with Crippen molar-refractivity contribution < 1.29 is 33.3 Å². The zero-order chi connectivity index (χ0) is 65.7. The molecule has 8 heteroatoms. The fourth-order valence-corrected chi connectivity index (χ4v) is 15.7. The average molecular weight is 1240 g/mol. The Bertz CT molecular complexity index is 5390. The number of hydrogen-bond acceptors (Lipinski definition) is 7. The highest BCUT2D eigenvalue weighted by atomic mass is 16.5. The zero-order valence-electron chi connectivity index (χ0n) is 55.7. The molecular formula is C87H73NO7. The third-order valence-corrected chi connectivity index (χ3v) is 20.1. The van der Waals surface area contributed by atoms with Crippen molar-refractivity contribution >= 4 is 98.7 Å². The Morgan fingerprint density at radius 2 is 0.526 bits per heavy atom. The number of nitrogens with zero attached hydrogens (tertiary/aromatic N) is 1. The largest absolute Gasteiger partial charge is 0.456 e. The Morgan fingerprint density at radius 3 is 0.874 bits per heavy atom. The molecule has 0 N–H and O–H groups in total. The number of carbonyl (C=O) groups excluding carboxylic acids is 3. The molecule has 2 aliphatic rings. The van der Waals surface area contributed by atoms with Crippen LogP contribution >= 0.6 is 0 Å². The van der Waals surface area contributed by atoms with Gasteiger partial charge in [-0.15, -0.1) is 0 Å². The number of carbonyl (C=O) groups is 3. The van der Waals surface area contributed by atoms with E-state index in [1.165, 1.54) is 4.90 Å². The number of fused-ring (bicyclic) bond motifs is 6. The lowest BCUT2D eigenvalue weighted by atomic mass is 9.77. The smallest absolute Gasteiger partial charge is 0.266 e. The summed E-state index contributed by atoms with van der Waals surface area (Å²) in [5, 5.41) is 11.3. The molecule has 0 saturated carbocycles. The zero-order valence-corrected chi connectivity index (χ0v) is 55.7. The maximum absolute atomic E-state index is 16.3. The summed E-state index contributed by atoms with van der Waals surface area (Å²) in [4.78, 5) is 49.5. The van der Waals surface area contributed by atoms with Crippen LogP contribution in [0.15, 0.2) is 188 Å². The lowest BCUT2D eigenvalue weighted by molar-refractivity contribution is 0.0891. The highest BCUT2D eigenvalue weighted by Crippen LogP contribution is 2.59. The second kappa shape index (κ2) is 22.3. The summed E-state index contributed by atoms with van der Waals surface area (Å²) >= 11 is 0. The van der Waals surface area contributed by atoms with E-state index in [0.29, 0.717) is 79.0 Å². The van der Waals surface area contributed by atoms with E-state index in [4.69, 9.17) is 18.9 Å². The number of ketones is 1. The van der Waals surface area contributed by atoms with Crippen LogP contribution in [0.25, 0.3) is 86.5 Å². The molecule has 0 atom stereocenters. The molecule has 2 amide bonds. The van der Waals surface area contributed by atoms with E-state index in [2.05, 4.69) is 144 Å². The molecule has 1 heterocycles. The summed E-state index contributed by atoms with van der Waals surface area (Å²) in [6.07, 6.45) is 0. The summed E-state index contributed by atoms with van der Waals surface area (Å²) in [5.41, 5.74) is 10.1. The molecule has 95 heavy (non-hydrogen) atoms. The van der Waals surface area contributed by atoms with Crippen molar-refractivity contribution in [2.45, 2.75) is 119 Å². The van der Waals surface area contributed by atoms with Crippen LogP contribution in [-0.4, -0.2) is 17.6 Å². The molecular weight excluding hydrogens is 1170 g/mol. The molecule has 0 fully saturated rings. The van der Waals surface area contributed by atoms with Crippen LogP contribution in [0, 0.1) is 0 Å². The fraction of sp³-hybridized carbons (Fsp3) is 0.207. The Labute approximate surface area is 553 Å². The van der Waals surface area contributed by atoms with Gasteiger partial charge in [-0.3, -0.25) is 14.4 Å². The molecule has 0 saturated heterocycles. The summed E-state index contributed by atoms with van der Waals surface area (Å²) in [6.45, 7) is 25.8. The number of imide groups is 1. The molecule has 14 aromatic carbocycles. The quantitative estimate of drug-likeness (QED) is 0.0574. The maximum atomic E-state index is 16.3. The molecule has 8 nitrogen and oxygen atoms in total. The van der Waals surface area contributed by atoms with Gasteiger partial charge in [-0.1, -0.05) is 223 Å². The van der Waals surface area contributed by atoms with E-state index in [0.717, 1.165) is 115 Å². The number of anilines is 1. The molecule has 0 radical (unpaired) electrons. The van der Waals surface area contributed by atoms with Crippen molar-refractivity contribution in [3.63, 3.8) is 0 Å². The van der Waals surface area contributed by atoms with Crippen molar-refractivity contribution in [3.05, 3.63) is 244 Å². The Kier molecular flexibility index (Phi) is 14.0. The first-order valence-electron chi connectivity index (χ1n) is 33.6. The number of benzene rings is 14. The average Bonchev–Trinajstić information content (AvgIpc) is 0.673. The van der Waals surface area contributed by atoms with E-state index in [1.807, 2.05) is 127 Å². The van der Waals surface area contributed by atoms with Gasteiger partial charge in [0.2, 0.25) is 0 Å². The van der Waals surface area contributed by atoms with E-state index in [-0.39, 0.29) is 41.3 Å². The first-order valence-corrected chi connectivity index (χ1v) is 33.6. The first kappa shape index (κ1) is 59.4.